The molecule has 3 rings (SSSR count). The number of nitrogens with zero attached hydrogens (tertiary/aromatic N) is 3. The summed E-state index contributed by atoms with van der Waals surface area (Å²) in [5.41, 5.74) is 1.57. The first-order valence-electron chi connectivity index (χ1n) is 8.44. The molecule has 1 aromatic rings. The highest BCUT2D eigenvalue weighted by atomic mass is 32.2. The van der Waals surface area contributed by atoms with Gasteiger partial charge in [0.25, 0.3) is 5.91 Å². The lowest BCUT2D eigenvalue weighted by atomic mass is 9.95. The van der Waals surface area contributed by atoms with E-state index in [4.69, 9.17) is 4.78 Å². The molecule has 0 aromatic carbocycles. The molecule has 2 fully saturated rings. The minimum Gasteiger partial charge on any atom is -0.338 e. The van der Waals surface area contributed by atoms with Gasteiger partial charge in [-0.15, -0.1) is 0 Å². The zero-order valence-electron chi connectivity index (χ0n) is 14.0. The fourth-order valence-corrected chi connectivity index (χ4v) is 5.62. The molecule has 6 nitrogen and oxygen atoms in total. The lowest BCUT2D eigenvalue weighted by Crippen LogP contribution is -2.38. The Balaban J connectivity index is 1.76. The molecule has 1 aliphatic heterocycles. The summed E-state index contributed by atoms with van der Waals surface area (Å²) >= 11 is 0. The number of aromatic nitrogens is 2. The molecule has 0 radical (unpaired) electrons. The maximum absolute atomic E-state index is 12.8. The summed E-state index contributed by atoms with van der Waals surface area (Å²) in [5, 5.41) is 4.47. The van der Waals surface area contributed by atoms with E-state index >= 15 is 0 Å². The molecule has 2 heterocycles. The van der Waals surface area contributed by atoms with Crippen LogP contribution in [-0.2, 0) is 9.73 Å². The van der Waals surface area contributed by atoms with Gasteiger partial charge in [0.15, 0.2) is 0 Å². The second kappa shape index (κ2) is 6.26. The van der Waals surface area contributed by atoms with Crippen LogP contribution in [0.5, 0.6) is 0 Å². The summed E-state index contributed by atoms with van der Waals surface area (Å²) in [6.07, 6.45) is 8.35. The number of rotatable bonds is 3. The van der Waals surface area contributed by atoms with Crippen molar-refractivity contribution < 1.29 is 9.00 Å². The van der Waals surface area contributed by atoms with Crippen LogP contribution < -0.4 is 0 Å². The van der Waals surface area contributed by atoms with Crippen molar-refractivity contribution in [1.82, 2.24) is 14.7 Å². The average molecular weight is 338 g/mol. The van der Waals surface area contributed by atoms with Crippen LogP contribution in [0.1, 0.15) is 60.6 Å². The average Bonchev–Trinajstić information content (AvgIpc) is 3.09. The molecule has 128 valence electrons. The second-order valence-corrected chi connectivity index (χ2v) is 9.29. The molecule has 1 saturated carbocycles. The first-order valence-corrected chi connectivity index (χ1v) is 10.3. The van der Waals surface area contributed by atoms with Gasteiger partial charge in [-0.25, -0.2) is 4.21 Å². The maximum Gasteiger partial charge on any atom is 0.257 e. The van der Waals surface area contributed by atoms with Crippen molar-refractivity contribution in [2.45, 2.75) is 57.5 Å². The van der Waals surface area contributed by atoms with Gasteiger partial charge >= 0.3 is 0 Å². The topological polar surface area (TPSA) is 79.1 Å². The van der Waals surface area contributed by atoms with Crippen molar-refractivity contribution in [2.75, 3.05) is 18.6 Å². The molecule has 2 aliphatic rings. The van der Waals surface area contributed by atoms with E-state index in [-0.39, 0.29) is 11.9 Å². The SMILES string of the molecule is Cc1c(C(=O)N(C)C2CCS(=N)(=O)C2)cnn1C1CCCCC1. The maximum atomic E-state index is 12.8. The van der Waals surface area contributed by atoms with Crippen molar-refractivity contribution >= 4 is 15.6 Å². The number of carbonyl (C=O) groups excluding carboxylic acids is 1. The number of carbonyl (C=O) groups is 1. The smallest absolute Gasteiger partial charge is 0.257 e. The van der Waals surface area contributed by atoms with E-state index < -0.39 is 9.73 Å². The van der Waals surface area contributed by atoms with Crippen LogP contribution in [0.2, 0.25) is 0 Å². The normalized spacial score (nSPS) is 28.9. The van der Waals surface area contributed by atoms with Crippen LogP contribution in [0.25, 0.3) is 0 Å². The summed E-state index contributed by atoms with van der Waals surface area (Å²) < 4.78 is 21.6. The number of hydrogen-bond donors (Lipinski definition) is 1. The zero-order valence-corrected chi connectivity index (χ0v) is 14.8. The lowest BCUT2D eigenvalue weighted by molar-refractivity contribution is 0.0746. The van der Waals surface area contributed by atoms with E-state index in [2.05, 4.69) is 5.10 Å². The van der Waals surface area contributed by atoms with Crippen LogP contribution >= 0.6 is 0 Å². The first-order chi connectivity index (χ1) is 10.9. The molecule has 23 heavy (non-hydrogen) atoms. The van der Waals surface area contributed by atoms with Gasteiger partial charge in [0, 0.05) is 34.3 Å². The Hall–Kier alpha value is -1.37. The number of hydrogen-bond acceptors (Lipinski definition) is 4. The third-order valence-corrected chi connectivity index (χ3v) is 7.12. The third-order valence-electron chi connectivity index (χ3n) is 5.31. The predicted octanol–water partition coefficient (Wildman–Crippen LogP) is 2.59. The minimum atomic E-state index is -2.49. The standard InChI is InChI=1S/C16H26N4O2S/c1-12-15(10-18-20(12)13-6-4-3-5-7-13)16(21)19(2)14-8-9-23(17,22)11-14/h10,13-14,17H,3-9,11H2,1-2H3. The van der Waals surface area contributed by atoms with Gasteiger partial charge in [-0.1, -0.05) is 19.3 Å². The van der Waals surface area contributed by atoms with E-state index in [9.17, 15) is 9.00 Å². The Morgan fingerprint density at radius 3 is 2.65 bits per heavy atom. The fraction of sp³-hybridized carbons (Fsp3) is 0.750. The third kappa shape index (κ3) is 3.29. The molecule has 1 aliphatic carbocycles. The lowest BCUT2D eigenvalue weighted by Gasteiger charge is -2.25. The van der Waals surface area contributed by atoms with Gasteiger partial charge < -0.3 is 4.90 Å². The van der Waals surface area contributed by atoms with E-state index in [1.165, 1.54) is 19.3 Å². The van der Waals surface area contributed by atoms with Crippen molar-refractivity contribution in [2.24, 2.45) is 0 Å². The van der Waals surface area contributed by atoms with Gasteiger partial charge in [0.2, 0.25) is 0 Å². The van der Waals surface area contributed by atoms with Crippen molar-refractivity contribution in [3.63, 3.8) is 0 Å². The van der Waals surface area contributed by atoms with Crippen molar-refractivity contribution in [3.05, 3.63) is 17.5 Å². The van der Waals surface area contributed by atoms with Gasteiger partial charge in [-0.05, 0) is 26.2 Å². The molecule has 2 atom stereocenters. The molecule has 2 unspecified atom stereocenters. The summed E-state index contributed by atoms with van der Waals surface area (Å²) in [6.45, 7) is 1.96. The van der Waals surface area contributed by atoms with Crippen molar-refractivity contribution in [1.29, 1.82) is 4.78 Å². The molecule has 1 amide bonds. The van der Waals surface area contributed by atoms with Gasteiger partial charge in [0.1, 0.15) is 0 Å². The zero-order chi connectivity index (χ0) is 16.6. The van der Waals surface area contributed by atoms with Crippen LogP contribution in [-0.4, -0.2) is 49.4 Å². The second-order valence-electron chi connectivity index (χ2n) is 6.92. The molecule has 1 N–H and O–H groups in total. The predicted molar refractivity (Wildman–Crippen MR) is 90.2 cm³/mol. The van der Waals surface area contributed by atoms with E-state index in [1.54, 1.807) is 18.1 Å². The Kier molecular flexibility index (Phi) is 4.49. The molecule has 1 aromatic heterocycles. The largest absolute Gasteiger partial charge is 0.338 e. The summed E-state index contributed by atoms with van der Waals surface area (Å²) in [7, 11) is -0.738. The quantitative estimate of drug-likeness (QED) is 0.920. The number of nitrogens with one attached hydrogen (secondary N) is 1. The first kappa shape index (κ1) is 16.5. The monoisotopic (exact) mass is 338 g/mol. The molecule has 0 bridgehead atoms. The Morgan fingerprint density at radius 2 is 2.04 bits per heavy atom. The van der Waals surface area contributed by atoms with E-state index in [0.29, 0.717) is 29.5 Å². The number of amides is 1. The highest BCUT2D eigenvalue weighted by molar-refractivity contribution is 7.92. The molecular weight excluding hydrogens is 312 g/mol. The van der Waals surface area contributed by atoms with Crippen LogP contribution in [0.4, 0.5) is 0 Å². The molecule has 7 heteroatoms. The van der Waals surface area contributed by atoms with Crippen LogP contribution in [0, 0.1) is 11.7 Å². The Bertz CT molecular complexity index is 689. The Morgan fingerprint density at radius 1 is 1.35 bits per heavy atom. The van der Waals surface area contributed by atoms with Crippen LogP contribution in [0.3, 0.4) is 0 Å². The molecule has 0 spiro atoms. The minimum absolute atomic E-state index is 0.0633. The molecular formula is C16H26N4O2S. The highest BCUT2D eigenvalue weighted by Gasteiger charge is 2.32. The van der Waals surface area contributed by atoms with Gasteiger partial charge in [0.05, 0.1) is 23.6 Å². The van der Waals surface area contributed by atoms with Crippen molar-refractivity contribution in [3.8, 4) is 0 Å². The van der Waals surface area contributed by atoms with Gasteiger partial charge in [-0.2, -0.15) is 5.10 Å². The van der Waals surface area contributed by atoms with E-state index in [1.807, 2.05) is 11.6 Å². The van der Waals surface area contributed by atoms with Gasteiger partial charge in [-0.3, -0.25) is 14.3 Å². The Labute approximate surface area is 138 Å². The van der Waals surface area contributed by atoms with E-state index in [0.717, 1.165) is 18.5 Å². The summed E-state index contributed by atoms with van der Waals surface area (Å²) in [6, 6.07) is 0.319. The molecule has 1 saturated heterocycles. The summed E-state index contributed by atoms with van der Waals surface area (Å²) in [4.78, 5) is 14.4. The fourth-order valence-electron chi connectivity index (χ4n) is 3.79. The highest BCUT2D eigenvalue weighted by Crippen LogP contribution is 2.29. The van der Waals surface area contributed by atoms with Crippen LogP contribution in [0.15, 0.2) is 6.20 Å². The summed E-state index contributed by atoms with van der Waals surface area (Å²) in [5.74, 6) is 0.632.